The van der Waals surface area contributed by atoms with Crippen molar-refractivity contribution in [3.05, 3.63) is 35.9 Å². The average molecular weight is 259 g/mol. The molecule has 0 spiro atoms. The zero-order valence-electron chi connectivity index (χ0n) is 11.7. The van der Waals surface area contributed by atoms with Crippen molar-refractivity contribution in [3.63, 3.8) is 0 Å². The zero-order valence-corrected chi connectivity index (χ0v) is 11.7. The summed E-state index contributed by atoms with van der Waals surface area (Å²) < 4.78 is 0. The van der Waals surface area contributed by atoms with Crippen molar-refractivity contribution in [1.29, 1.82) is 0 Å². The van der Waals surface area contributed by atoms with Crippen LogP contribution in [0.3, 0.4) is 0 Å². The molecule has 0 radical (unpaired) electrons. The van der Waals surface area contributed by atoms with Gasteiger partial charge in [0.25, 0.3) is 0 Å². The number of rotatable bonds is 3. The van der Waals surface area contributed by atoms with Crippen LogP contribution in [0, 0.1) is 5.92 Å². The second-order valence-corrected chi connectivity index (χ2v) is 6.05. The minimum absolute atomic E-state index is 0.733. The summed E-state index contributed by atoms with van der Waals surface area (Å²) in [7, 11) is 0. The lowest BCUT2D eigenvalue weighted by molar-refractivity contribution is 0.0266. The van der Waals surface area contributed by atoms with E-state index < -0.39 is 0 Å². The Morgan fingerprint density at radius 2 is 1.89 bits per heavy atom. The third kappa shape index (κ3) is 3.16. The van der Waals surface area contributed by atoms with Gasteiger partial charge in [-0.2, -0.15) is 0 Å². The zero-order chi connectivity index (χ0) is 13.1. The molecule has 0 bridgehead atoms. The number of piperidine rings is 1. The first kappa shape index (κ1) is 13.1. The van der Waals surface area contributed by atoms with Gasteiger partial charge in [0, 0.05) is 38.8 Å². The summed E-state index contributed by atoms with van der Waals surface area (Å²) in [6.45, 7) is 6.83. The molecule has 3 nitrogen and oxygen atoms in total. The summed E-state index contributed by atoms with van der Waals surface area (Å²) in [6.07, 6.45) is 2.64. The van der Waals surface area contributed by atoms with E-state index in [4.69, 9.17) is 5.73 Å². The quantitative estimate of drug-likeness (QED) is 0.894. The normalized spacial score (nSPS) is 29.1. The Labute approximate surface area is 116 Å². The predicted molar refractivity (Wildman–Crippen MR) is 78.9 cm³/mol. The second kappa shape index (κ2) is 6.04. The molecule has 0 amide bonds. The fourth-order valence-corrected chi connectivity index (χ4v) is 3.50. The highest BCUT2D eigenvalue weighted by molar-refractivity contribution is 5.14. The standard InChI is InChI=1S/C16H25N3/c17-10-15-6-7-16-13-18(8-9-19(16)12-15)11-14-4-2-1-3-5-14/h1-5,15-16H,6-13,17H2. The minimum Gasteiger partial charge on any atom is -0.330 e. The molecule has 2 N–H and O–H groups in total. The Bertz CT molecular complexity index is 392. The van der Waals surface area contributed by atoms with Crippen molar-refractivity contribution in [2.75, 3.05) is 32.7 Å². The Balaban J connectivity index is 1.55. The van der Waals surface area contributed by atoms with Crippen LogP contribution >= 0.6 is 0 Å². The van der Waals surface area contributed by atoms with Crippen LogP contribution in [0.25, 0.3) is 0 Å². The summed E-state index contributed by atoms with van der Waals surface area (Å²) in [5.74, 6) is 0.733. The maximum atomic E-state index is 5.82. The van der Waals surface area contributed by atoms with Gasteiger partial charge < -0.3 is 5.73 Å². The van der Waals surface area contributed by atoms with Gasteiger partial charge >= 0.3 is 0 Å². The smallest absolute Gasteiger partial charge is 0.0234 e. The van der Waals surface area contributed by atoms with E-state index in [1.165, 1.54) is 44.6 Å². The first-order valence-electron chi connectivity index (χ1n) is 7.55. The van der Waals surface area contributed by atoms with Gasteiger partial charge in [0.1, 0.15) is 0 Å². The van der Waals surface area contributed by atoms with Gasteiger partial charge in [0.15, 0.2) is 0 Å². The molecule has 3 rings (SSSR count). The molecule has 1 aromatic carbocycles. The summed E-state index contributed by atoms with van der Waals surface area (Å²) in [6, 6.07) is 11.6. The van der Waals surface area contributed by atoms with E-state index in [0.29, 0.717) is 0 Å². The van der Waals surface area contributed by atoms with Gasteiger partial charge in [0.2, 0.25) is 0 Å². The number of piperazine rings is 1. The number of nitrogens with zero attached hydrogens (tertiary/aromatic N) is 2. The van der Waals surface area contributed by atoms with Crippen molar-refractivity contribution in [3.8, 4) is 0 Å². The molecular weight excluding hydrogens is 234 g/mol. The third-order valence-electron chi connectivity index (χ3n) is 4.67. The molecule has 2 saturated heterocycles. The largest absolute Gasteiger partial charge is 0.330 e. The lowest BCUT2D eigenvalue weighted by Crippen LogP contribution is -2.56. The maximum absolute atomic E-state index is 5.82. The van der Waals surface area contributed by atoms with Crippen LogP contribution in [0.4, 0.5) is 0 Å². The highest BCUT2D eigenvalue weighted by atomic mass is 15.3. The summed E-state index contributed by atoms with van der Waals surface area (Å²) >= 11 is 0. The Hall–Kier alpha value is -0.900. The maximum Gasteiger partial charge on any atom is 0.0234 e. The first-order chi connectivity index (χ1) is 9.35. The van der Waals surface area contributed by atoms with Gasteiger partial charge in [-0.1, -0.05) is 30.3 Å². The number of hydrogen-bond donors (Lipinski definition) is 1. The number of fused-ring (bicyclic) bond motifs is 1. The van der Waals surface area contributed by atoms with Crippen molar-refractivity contribution in [1.82, 2.24) is 9.80 Å². The average Bonchev–Trinajstić information content (AvgIpc) is 2.48. The van der Waals surface area contributed by atoms with Crippen LogP contribution in [0.1, 0.15) is 18.4 Å². The van der Waals surface area contributed by atoms with Crippen molar-refractivity contribution < 1.29 is 0 Å². The van der Waals surface area contributed by atoms with E-state index in [0.717, 1.165) is 25.0 Å². The van der Waals surface area contributed by atoms with Gasteiger partial charge in [-0.05, 0) is 30.9 Å². The highest BCUT2D eigenvalue weighted by Gasteiger charge is 2.32. The van der Waals surface area contributed by atoms with Gasteiger partial charge in [-0.25, -0.2) is 0 Å². The molecule has 3 heteroatoms. The monoisotopic (exact) mass is 259 g/mol. The Morgan fingerprint density at radius 1 is 1.05 bits per heavy atom. The lowest BCUT2D eigenvalue weighted by Gasteiger charge is -2.46. The Morgan fingerprint density at radius 3 is 2.68 bits per heavy atom. The first-order valence-corrected chi connectivity index (χ1v) is 7.55. The minimum atomic E-state index is 0.733. The molecule has 19 heavy (non-hydrogen) atoms. The summed E-state index contributed by atoms with van der Waals surface area (Å²) in [5.41, 5.74) is 7.25. The topological polar surface area (TPSA) is 32.5 Å². The van der Waals surface area contributed by atoms with Crippen LogP contribution in [0.15, 0.2) is 30.3 Å². The van der Waals surface area contributed by atoms with Crippen LogP contribution in [-0.2, 0) is 6.54 Å². The molecule has 0 aliphatic carbocycles. The molecule has 2 fully saturated rings. The molecule has 2 aliphatic heterocycles. The van der Waals surface area contributed by atoms with Crippen molar-refractivity contribution in [2.24, 2.45) is 11.7 Å². The molecule has 1 aromatic rings. The van der Waals surface area contributed by atoms with Gasteiger partial charge in [0.05, 0.1) is 0 Å². The molecule has 0 aromatic heterocycles. The number of nitrogens with two attached hydrogens (primary N) is 1. The summed E-state index contributed by atoms with van der Waals surface area (Å²) in [4.78, 5) is 5.28. The number of benzene rings is 1. The molecule has 2 aliphatic rings. The van der Waals surface area contributed by atoms with Crippen LogP contribution in [0.5, 0.6) is 0 Å². The number of hydrogen-bond acceptors (Lipinski definition) is 3. The van der Waals surface area contributed by atoms with E-state index in [1.54, 1.807) is 0 Å². The van der Waals surface area contributed by atoms with Gasteiger partial charge in [-0.15, -0.1) is 0 Å². The lowest BCUT2D eigenvalue weighted by atomic mass is 9.91. The third-order valence-corrected chi connectivity index (χ3v) is 4.67. The molecule has 0 saturated carbocycles. The van der Waals surface area contributed by atoms with Crippen molar-refractivity contribution in [2.45, 2.75) is 25.4 Å². The van der Waals surface area contributed by atoms with Crippen molar-refractivity contribution >= 4 is 0 Å². The molecule has 2 heterocycles. The summed E-state index contributed by atoms with van der Waals surface area (Å²) in [5, 5.41) is 0. The highest BCUT2D eigenvalue weighted by Crippen LogP contribution is 2.25. The van der Waals surface area contributed by atoms with E-state index in [2.05, 4.69) is 40.1 Å². The fourth-order valence-electron chi connectivity index (χ4n) is 3.50. The fraction of sp³-hybridized carbons (Fsp3) is 0.625. The van der Waals surface area contributed by atoms with Crippen LogP contribution in [-0.4, -0.2) is 48.6 Å². The predicted octanol–water partition coefficient (Wildman–Crippen LogP) is 1.54. The molecule has 2 atom stereocenters. The van der Waals surface area contributed by atoms with E-state index in [-0.39, 0.29) is 0 Å². The molecule has 2 unspecified atom stereocenters. The second-order valence-electron chi connectivity index (χ2n) is 6.05. The van der Waals surface area contributed by atoms with Gasteiger partial charge in [-0.3, -0.25) is 9.80 Å². The van der Waals surface area contributed by atoms with Crippen LogP contribution < -0.4 is 5.73 Å². The SMILES string of the molecule is NCC1CCC2CN(Cc3ccccc3)CCN2C1. The molecule has 104 valence electrons. The van der Waals surface area contributed by atoms with E-state index in [9.17, 15) is 0 Å². The van der Waals surface area contributed by atoms with Crippen LogP contribution in [0.2, 0.25) is 0 Å². The Kier molecular flexibility index (Phi) is 4.16. The van der Waals surface area contributed by atoms with E-state index >= 15 is 0 Å². The van der Waals surface area contributed by atoms with E-state index in [1.807, 2.05) is 0 Å². The molecular formula is C16H25N3.